The molecule has 0 radical (unpaired) electrons. The summed E-state index contributed by atoms with van der Waals surface area (Å²) in [6.07, 6.45) is -1.41. The van der Waals surface area contributed by atoms with Gasteiger partial charge >= 0.3 is 0 Å². The number of hydrogen-bond acceptors (Lipinski definition) is 4. The molecule has 2 saturated heterocycles. The van der Waals surface area contributed by atoms with Gasteiger partial charge in [0.25, 0.3) is 0 Å². The van der Waals surface area contributed by atoms with Gasteiger partial charge in [0.15, 0.2) is 24.0 Å². The lowest BCUT2D eigenvalue weighted by Gasteiger charge is -2.18. The molecular weight excluding hydrogens is 160 g/mol. The molecular formula is C8H12O4. The Morgan fingerprint density at radius 3 is 2.58 bits per heavy atom. The van der Waals surface area contributed by atoms with Crippen molar-refractivity contribution in [1.29, 1.82) is 0 Å². The Kier molecular flexibility index (Phi) is 1.55. The first-order valence-corrected chi connectivity index (χ1v) is 4.04. The molecule has 0 saturated carbocycles. The predicted octanol–water partition coefficient (Wildman–Crippen LogP) is 0.452. The summed E-state index contributed by atoms with van der Waals surface area (Å²) in [5, 5.41) is 0. The number of fused-ring (bicyclic) bond motifs is 1. The average Bonchev–Trinajstić information content (AvgIpc) is 2.33. The van der Waals surface area contributed by atoms with Crippen LogP contribution in [0.5, 0.6) is 0 Å². The van der Waals surface area contributed by atoms with E-state index in [9.17, 15) is 4.79 Å². The number of carbonyl (C=O) groups excluding carboxylic acids is 1. The van der Waals surface area contributed by atoms with Crippen LogP contribution in [0.25, 0.3) is 0 Å². The first-order valence-electron chi connectivity index (χ1n) is 4.04. The molecule has 2 aliphatic rings. The van der Waals surface area contributed by atoms with Gasteiger partial charge in [-0.05, 0) is 20.8 Å². The molecule has 4 nitrogen and oxygen atoms in total. The van der Waals surface area contributed by atoms with Crippen LogP contribution in [0.4, 0.5) is 0 Å². The number of ketones is 1. The second kappa shape index (κ2) is 2.28. The third-order valence-corrected chi connectivity index (χ3v) is 2.08. The maximum absolute atomic E-state index is 11.3. The molecule has 0 amide bonds. The third kappa shape index (κ3) is 1.07. The van der Waals surface area contributed by atoms with Gasteiger partial charge in [0.2, 0.25) is 0 Å². The van der Waals surface area contributed by atoms with E-state index in [0.29, 0.717) is 0 Å². The topological polar surface area (TPSA) is 44.8 Å². The van der Waals surface area contributed by atoms with Crippen molar-refractivity contribution in [2.75, 3.05) is 0 Å². The Morgan fingerprint density at radius 1 is 1.33 bits per heavy atom. The fraction of sp³-hybridized carbons (Fsp3) is 0.875. The molecule has 2 rings (SSSR count). The highest BCUT2D eigenvalue weighted by atomic mass is 16.8. The van der Waals surface area contributed by atoms with E-state index in [0.717, 1.165) is 0 Å². The van der Waals surface area contributed by atoms with E-state index in [-0.39, 0.29) is 5.78 Å². The monoisotopic (exact) mass is 172 g/mol. The fourth-order valence-corrected chi connectivity index (χ4v) is 1.52. The van der Waals surface area contributed by atoms with Crippen LogP contribution in [0.1, 0.15) is 20.8 Å². The van der Waals surface area contributed by atoms with Crippen LogP contribution in [-0.2, 0) is 19.0 Å². The predicted molar refractivity (Wildman–Crippen MR) is 39.4 cm³/mol. The van der Waals surface area contributed by atoms with Gasteiger partial charge in [-0.1, -0.05) is 0 Å². The lowest BCUT2D eigenvalue weighted by atomic mass is 10.2. The molecule has 4 heteroatoms. The summed E-state index contributed by atoms with van der Waals surface area (Å²) in [5.41, 5.74) is 0. The highest BCUT2D eigenvalue weighted by Gasteiger charge is 2.52. The maximum atomic E-state index is 11.3. The Morgan fingerprint density at radius 2 is 2.00 bits per heavy atom. The van der Waals surface area contributed by atoms with Gasteiger partial charge in [0.1, 0.15) is 6.10 Å². The van der Waals surface area contributed by atoms with Gasteiger partial charge in [-0.15, -0.1) is 0 Å². The SMILES string of the molecule is C[C@H]1O[C@H]2OC(C)(C)O[C@H]2C1=O. The first kappa shape index (κ1) is 8.16. The summed E-state index contributed by atoms with van der Waals surface area (Å²) in [4.78, 5) is 11.3. The number of Topliss-reactive ketones (excluding diaryl/α,β-unsaturated/α-hetero) is 1. The van der Waals surface area contributed by atoms with Crippen LogP contribution in [0.2, 0.25) is 0 Å². The summed E-state index contributed by atoms with van der Waals surface area (Å²) >= 11 is 0. The van der Waals surface area contributed by atoms with Crippen molar-refractivity contribution in [1.82, 2.24) is 0 Å². The Balaban J connectivity index is 2.16. The van der Waals surface area contributed by atoms with E-state index in [1.165, 1.54) is 0 Å². The molecule has 2 fully saturated rings. The van der Waals surface area contributed by atoms with Crippen LogP contribution in [0.3, 0.4) is 0 Å². The third-order valence-electron chi connectivity index (χ3n) is 2.08. The molecule has 0 aromatic heterocycles. The molecule has 0 aromatic rings. The zero-order chi connectivity index (χ0) is 8.93. The maximum Gasteiger partial charge on any atom is 0.195 e. The van der Waals surface area contributed by atoms with Gasteiger partial charge in [-0.25, -0.2) is 0 Å². The van der Waals surface area contributed by atoms with E-state index in [4.69, 9.17) is 14.2 Å². The lowest BCUT2D eigenvalue weighted by molar-refractivity contribution is -0.202. The van der Waals surface area contributed by atoms with Gasteiger partial charge in [-0.2, -0.15) is 0 Å². The molecule has 3 atom stereocenters. The molecule has 0 unspecified atom stereocenters. The molecule has 0 aliphatic carbocycles. The van der Waals surface area contributed by atoms with E-state index in [1.54, 1.807) is 20.8 Å². The highest BCUT2D eigenvalue weighted by Crippen LogP contribution is 2.34. The minimum Gasteiger partial charge on any atom is -0.338 e. The zero-order valence-electron chi connectivity index (χ0n) is 7.37. The standard InChI is InChI=1S/C8H12O4/c1-4-5(9)6-7(10-4)12-8(2,3)11-6/h4,6-7H,1-3H3/t4-,6+,7+/m1/s1. The molecule has 0 N–H and O–H groups in total. The zero-order valence-corrected chi connectivity index (χ0v) is 7.37. The summed E-state index contributed by atoms with van der Waals surface area (Å²) in [7, 11) is 0. The van der Waals surface area contributed by atoms with E-state index < -0.39 is 24.3 Å². The molecule has 0 spiro atoms. The van der Waals surface area contributed by atoms with E-state index >= 15 is 0 Å². The molecule has 0 bridgehead atoms. The molecule has 12 heavy (non-hydrogen) atoms. The smallest absolute Gasteiger partial charge is 0.195 e. The highest BCUT2D eigenvalue weighted by molar-refractivity contribution is 5.89. The Bertz CT molecular complexity index is 223. The minimum atomic E-state index is -0.689. The van der Waals surface area contributed by atoms with Crippen LogP contribution >= 0.6 is 0 Å². The minimum absolute atomic E-state index is 0.0226. The molecule has 2 aliphatic heterocycles. The first-order chi connectivity index (χ1) is 5.49. The number of ether oxygens (including phenoxy) is 3. The second-order valence-corrected chi connectivity index (χ2v) is 3.61. The van der Waals surface area contributed by atoms with Crippen molar-refractivity contribution in [2.45, 2.75) is 45.1 Å². The van der Waals surface area contributed by atoms with Crippen molar-refractivity contribution in [2.24, 2.45) is 0 Å². The van der Waals surface area contributed by atoms with Gasteiger partial charge in [0.05, 0.1) is 0 Å². The van der Waals surface area contributed by atoms with Gasteiger partial charge in [0, 0.05) is 0 Å². The van der Waals surface area contributed by atoms with Crippen LogP contribution in [0.15, 0.2) is 0 Å². The van der Waals surface area contributed by atoms with E-state index in [2.05, 4.69) is 0 Å². The summed E-state index contributed by atoms with van der Waals surface area (Å²) < 4.78 is 15.9. The largest absolute Gasteiger partial charge is 0.338 e. The Labute approximate surface area is 70.8 Å². The van der Waals surface area contributed by atoms with E-state index in [1.807, 2.05) is 0 Å². The quantitative estimate of drug-likeness (QED) is 0.532. The van der Waals surface area contributed by atoms with Crippen LogP contribution < -0.4 is 0 Å². The van der Waals surface area contributed by atoms with Crippen LogP contribution in [0, 0.1) is 0 Å². The second-order valence-electron chi connectivity index (χ2n) is 3.61. The van der Waals surface area contributed by atoms with Crippen LogP contribution in [-0.4, -0.2) is 30.1 Å². The summed E-state index contributed by atoms with van der Waals surface area (Å²) in [6, 6.07) is 0. The van der Waals surface area contributed by atoms with Gasteiger partial charge in [-0.3, -0.25) is 4.79 Å². The number of hydrogen-bond donors (Lipinski definition) is 0. The number of carbonyl (C=O) groups is 1. The molecule has 2 heterocycles. The molecule has 0 aromatic carbocycles. The van der Waals surface area contributed by atoms with Crippen molar-refractivity contribution in [3.05, 3.63) is 0 Å². The van der Waals surface area contributed by atoms with Gasteiger partial charge < -0.3 is 14.2 Å². The number of rotatable bonds is 0. The molecule has 68 valence electrons. The summed E-state index contributed by atoms with van der Waals surface area (Å²) in [5.74, 6) is -0.712. The normalized spacial score (nSPS) is 44.9. The fourth-order valence-electron chi connectivity index (χ4n) is 1.52. The van der Waals surface area contributed by atoms with Crippen molar-refractivity contribution in [3.8, 4) is 0 Å². The Hall–Kier alpha value is -0.450. The van der Waals surface area contributed by atoms with Crippen molar-refractivity contribution < 1.29 is 19.0 Å². The van der Waals surface area contributed by atoms with Crippen molar-refractivity contribution in [3.63, 3.8) is 0 Å². The lowest BCUT2D eigenvalue weighted by Crippen LogP contribution is -2.28. The summed E-state index contributed by atoms with van der Waals surface area (Å²) in [6.45, 7) is 5.25. The average molecular weight is 172 g/mol. The van der Waals surface area contributed by atoms with Crippen molar-refractivity contribution >= 4 is 5.78 Å².